The van der Waals surface area contributed by atoms with Crippen LogP contribution in [0.25, 0.3) is 22.0 Å². The third-order valence-corrected chi connectivity index (χ3v) is 7.45. The van der Waals surface area contributed by atoms with Crippen molar-refractivity contribution in [2.75, 3.05) is 19.6 Å². The molecule has 0 saturated carbocycles. The molecule has 2 N–H and O–H groups in total. The number of hydrogen-bond donors (Lipinski definition) is 2. The van der Waals surface area contributed by atoms with Crippen molar-refractivity contribution in [3.63, 3.8) is 0 Å². The van der Waals surface area contributed by atoms with Crippen molar-refractivity contribution in [1.29, 1.82) is 0 Å². The molecule has 0 bridgehead atoms. The van der Waals surface area contributed by atoms with Gasteiger partial charge in [0.1, 0.15) is 17.4 Å². The maximum absolute atomic E-state index is 13.8. The van der Waals surface area contributed by atoms with Gasteiger partial charge in [0.15, 0.2) is 0 Å². The van der Waals surface area contributed by atoms with Crippen molar-refractivity contribution in [3.8, 4) is 11.1 Å². The van der Waals surface area contributed by atoms with Gasteiger partial charge in [0.2, 0.25) is 5.91 Å². The van der Waals surface area contributed by atoms with Gasteiger partial charge in [-0.1, -0.05) is 75.4 Å². The standard InChI is InChI=1S/C32H35N5O3/c1-21-20-36(30(39)26-15-14-24(19-33-26)22-10-6-5-7-11-22)16-17-37(21)31(40)28(32(2,3)4)35-29(38)27-18-23-12-8-9-13-25(23)34-27/h5-15,18-19,21,28,34H,16-17,20H2,1-4H3,(H,35,38)/t21-,28?/m1/s1. The molecule has 5 rings (SSSR count). The molecule has 4 aromatic rings. The molecule has 3 heterocycles. The Labute approximate surface area is 234 Å². The summed E-state index contributed by atoms with van der Waals surface area (Å²) in [4.78, 5) is 51.3. The number of piperazine rings is 1. The zero-order chi connectivity index (χ0) is 28.4. The Balaban J connectivity index is 1.25. The van der Waals surface area contributed by atoms with Crippen LogP contribution in [0.5, 0.6) is 0 Å². The monoisotopic (exact) mass is 537 g/mol. The molecule has 1 fully saturated rings. The number of benzene rings is 2. The summed E-state index contributed by atoms with van der Waals surface area (Å²) in [5.41, 5.74) is 3.13. The molecule has 0 radical (unpaired) electrons. The van der Waals surface area contributed by atoms with Crippen molar-refractivity contribution < 1.29 is 14.4 Å². The quantitative estimate of drug-likeness (QED) is 0.384. The number of fused-ring (bicyclic) bond motifs is 1. The van der Waals surface area contributed by atoms with Gasteiger partial charge in [-0.05, 0) is 36.1 Å². The van der Waals surface area contributed by atoms with Gasteiger partial charge in [-0.3, -0.25) is 19.4 Å². The highest BCUT2D eigenvalue weighted by Gasteiger charge is 2.39. The summed E-state index contributed by atoms with van der Waals surface area (Å²) in [6.45, 7) is 8.91. The fraction of sp³-hybridized carbons (Fsp3) is 0.312. The van der Waals surface area contributed by atoms with E-state index >= 15 is 0 Å². The smallest absolute Gasteiger partial charge is 0.272 e. The molecule has 8 nitrogen and oxygen atoms in total. The second kappa shape index (κ2) is 11.0. The average molecular weight is 538 g/mol. The highest BCUT2D eigenvalue weighted by molar-refractivity contribution is 6.00. The van der Waals surface area contributed by atoms with Crippen LogP contribution in [0.4, 0.5) is 0 Å². The first kappa shape index (κ1) is 27.1. The Hall–Kier alpha value is -4.46. The van der Waals surface area contributed by atoms with Gasteiger partial charge in [0.05, 0.1) is 0 Å². The summed E-state index contributed by atoms with van der Waals surface area (Å²) in [7, 11) is 0. The summed E-state index contributed by atoms with van der Waals surface area (Å²) in [6, 6.07) is 22.1. The minimum atomic E-state index is -0.733. The van der Waals surface area contributed by atoms with Gasteiger partial charge >= 0.3 is 0 Å². The lowest BCUT2D eigenvalue weighted by molar-refractivity contribution is -0.140. The first-order valence-corrected chi connectivity index (χ1v) is 13.6. The van der Waals surface area contributed by atoms with Crippen molar-refractivity contribution in [1.82, 2.24) is 25.1 Å². The molecule has 8 heteroatoms. The van der Waals surface area contributed by atoms with Crippen molar-refractivity contribution in [2.45, 2.75) is 39.8 Å². The summed E-state index contributed by atoms with van der Waals surface area (Å²) >= 11 is 0. The number of pyridine rings is 1. The lowest BCUT2D eigenvalue weighted by atomic mass is 9.85. The molecule has 0 aliphatic carbocycles. The molecular weight excluding hydrogens is 502 g/mol. The van der Waals surface area contributed by atoms with E-state index in [1.165, 1.54) is 0 Å². The maximum Gasteiger partial charge on any atom is 0.272 e. The normalized spacial score (nSPS) is 16.6. The van der Waals surface area contributed by atoms with Crippen LogP contribution in [0, 0.1) is 5.41 Å². The number of carbonyl (C=O) groups excluding carboxylic acids is 3. The fourth-order valence-corrected chi connectivity index (χ4v) is 5.17. The molecular formula is C32H35N5O3. The summed E-state index contributed by atoms with van der Waals surface area (Å²) in [5.74, 6) is -0.629. The third-order valence-electron chi connectivity index (χ3n) is 7.45. The van der Waals surface area contributed by atoms with E-state index in [1.54, 1.807) is 28.1 Å². The zero-order valence-corrected chi connectivity index (χ0v) is 23.3. The molecule has 1 saturated heterocycles. The molecule has 1 unspecified atom stereocenters. The van der Waals surface area contributed by atoms with Crippen molar-refractivity contribution in [2.24, 2.45) is 5.41 Å². The predicted molar refractivity (Wildman–Crippen MR) is 156 cm³/mol. The van der Waals surface area contributed by atoms with E-state index in [2.05, 4.69) is 15.3 Å². The van der Waals surface area contributed by atoms with E-state index in [0.717, 1.165) is 22.0 Å². The largest absolute Gasteiger partial charge is 0.351 e. The summed E-state index contributed by atoms with van der Waals surface area (Å²) in [6.07, 6.45) is 1.72. The Bertz CT molecular complexity index is 1490. The van der Waals surface area contributed by atoms with Gasteiger partial charge in [-0.2, -0.15) is 0 Å². The first-order chi connectivity index (χ1) is 19.1. The van der Waals surface area contributed by atoms with Gasteiger partial charge in [0, 0.05) is 48.3 Å². The molecule has 206 valence electrons. The van der Waals surface area contributed by atoms with Crippen molar-refractivity contribution >= 4 is 28.6 Å². The van der Waals surface area contributed by atoms with Gasteiger partial charge < -0.3 is 20.1 Å². The van der Waals surface area contributed by atoms with E-state index in [4.69, 9.17) is 0 Å². The number of amides is 3. The Morgan fingerprint density at radius 1 is 0.950 bits per heavy atom. The number of hydrogen-bond acceptors (Lipinski definition) is 4. The van der Waals surface area contributed by atoms with Gasteiger partial charge in [-0.25, -0.2) is 0 Å². The number of aromatic amines is 1. The number of nitrogens with one attached hydrogen (secondary N) is 2. The van der Waals surface area contributed by atoms with Crippen LogP contribution in [-0.2, 0) is 4.79 Å². The van der Waals surface area contributed by atoms with Crippen LogP contribution in [0.1, 0.15) is 48.7 Å². The number of rotatable bonds is 5. The summed E-state index contributed by atoms with van der Waals surface area (Å²) in [5, 5.41) is 3.91. The van der Waals surface area contributed by atoms with E-state index < -0.39 is 11.5 Å². The maximum atomic E-state index is 13.8. The first-order valence-electron chi connectivity index (χ1n) is 13.6. The summed E-state index contributed by atoms with van der Waals surface area (Å²) < 4.78 is 0. The third kappa shape index (κ3) is 5.61. The molecule has 1 aliphatic heterocycles. The predicted octanol–water partition coefficient (Wildman–Crippen LogP) is 4.75. The molecule has 2 atom stereocenters. The molecule has 1 aliphatic rings. The number of nitrogens with zero attached hydrogens (tertiary/aromatic N) is 3. The van der Waals surface area contributed by atoms with E-state index in [0.29, 0.717) is 31.0 Å². The van der Waals surface area contributed by atoms with Crippen molar-refractivity contribution in [3.05, 3.63) is 90.4 Å². The molecule has 40 heavy (non-hydrogen) atoms. The minimum Gasteiger partial charge on any atom is -0.351 e. The molecule has 2 aromatic carbocycles. The van der Waals surface area contributed by atoms with Crippen LogP contribution >= 0.6 is 0 Å². The van der Waals surface area contributed by atoms with Crippen LogP contribution < -0.4 is 5.32 Å². The van der Waals surface area contributed by atoms with E-state index in [9.17, 15) is 14.4 Å². The number of H-pyrrole nitrogens is 1. The van der Waals surface area contributed by atoms with E-state index in [-0.39, 0.29) is 23.8 Å². The van der Waals surface area contributed by atoms with E-state index in [1.807, 2.05) is 88.4 Å². The van der Waals surface area contributed by atoms with Crippen LogP contribution in [0.15, 0.2) is 79.0 Å². The van der Waals surface area contributed by atoms with Gasteiger partial charge in [-0.15, -0.1) is 0 Å². The topological polar surface area (TPSA) is 98.4 Å². The lowest BCUT2D eigenvalue weighted by Gasteiger charge is -2.43. The van der Waals surface area contributed by atoms with Gasteiger partial charge in [0.25, 0.3) is 11.8 Å². The molecule has 3 amide bonds. The molecule has 0 spiro atoms. The minimum absolute atomic E-state index is 0.151. The fourth-order valence-electron chi connectivity index (χ4n) is 5.17. The Morgan fingerprint density at radius 2 is 1.68 bits per heavy atom. The second-order valence-corrected chi connectivity index (χ2v) is 11.5. The number of para-hydroxylation sites is 1. The highest BCUT2D eigenvalue weighted by atomic mass is 16.2. The molecule has 2 aromatic heterocycles. The number of carbonyl (C=O) groups is 3. The second-order valence-electron chi connectivity index (χ2n) is 11.5. The lowest BCUT2D eigenvalue weighted by Crippen LogP contribution is -2.62. The zero-order valence-electron chi connectivity index (χ0n) is 23.3. The van der Waals surface area contributed by atoms with Crippen LogP contribution in [0.2, 0.25) is 0 Å². The van der Waals surface area contributed by atoms with Crippen LogP contribution in [0.3, 0.4) is 0 Å². The highest BCUT2D eigenvalue weighted by Crippen LogP contribution is 2.25. The number of aromatic nitrogens is 2. The Kier molecular flexibility index (Phi) is 7.43. The van der Waals surface area contributed by atoms with Crippen LogP contribution in [-0.4, -0.2) is 69.2 Å². The Morgan fingerprint density at radius 3 is 2.33 bits per heavy atom. The average Bonchev–Trinajstić information content (AvgIpc) is 3.40. The SMILES string of the molecule is C[C@@H]1CN(C(=O)c2ccc(-c3ccccc3)cn2)CCN1C(=O)C(NC(=O)c1cc2ccccc2[nH]1)C(C)(C)C.